The zero-order valence-corrected chi connectivity index (χ0v) is 16.4. The van der Waals surface area contributed by atoms with Crippen LogP contribution >= 0.6 is 11.6 Å². The Balaban J connectivity index is 1.61. The summed E-state index contributed by atoms with van der Waals surface area (Å²) in [7, 11) is 1.54. The van der Waals surface area contributed by atoms with E-state index in [1.165, 1.54) is 31.9 Å². The number of likely N-dealkylation sites (tertiary alicyclic amines) is 1. The van der Waals surface area contributed by atoms with Crippen molar-refractivity contribution in [3.8, 4) is 5.88 Å². The molecule has 2 aliphatic rings. The van der Waals surface area contributed by atoms with Crippen LogP contribution in [0.25, 0.3) is 0 Å². The second-order valence-corrected chi connectivity index (χ2v) is 7.93. The summed E-state index contributed by atoms with van der Waals surface area (Å²) in [5.41, 5.74) is 1.98. The quantitative estimate of drug-likeness (QED) is 0.704. The van der Waals surface area contributed by atoms with Gasteiger partial charge in [-0.1, -0.05) is 54.8 Å². The number of hydrogen-bond acceptors (Lipinski definition) is 3. The average molecular weight is 385 g/mol. The number of carbonyl (C=O) groups is 1. The lowest BCUT2D eigenvalue weighted by Crippen LogP contribution is -2.52. The van der Waals surface area contributed by atoms with Gasteiger partial charge in [0.1, 0.15) is 5.15 Å². The molecule has 3 atom stereocenters. The van der Waals surface area contributed by atoms with Crippen molar-refractivity contribution in [1.29, 1.82) is 0 Å². The van der Waals surface area contributed by atoms with Gasteiger partial charge in [-0.15, -0.1) is 0 Å². The van der Waals surface area contributed by atoms with Gasteiger partial charge in [-0.2, -0.15) is 0 Å². The van der Waals surface area contributed by atoms with Gasteiger partial charge in [0.15, 0.2) is 0 Å². The first-order valence-electron chi connectivity index (χ1n) is 9.75. The summed E-state index contributed by atoms with van der Waals surface area (Å²) >= 11 is 6.09. The van der Waals surface area contributed by atoms with E-state index >= 15 is 0 Å². The third-order valence-corrected chi connectivity index (χ3v) is 6.29. The standard InChI is InChI=1S/C22H25ClN2O2/c1-27-21-14-16(13-20(23)24-21)22(26)25-12-11-17(15-7-3-2-4-8-15)18-9-5-6-10-19(18)25/h2-4,7-8,13-14,17-19H,5-6,9-12H2,1H3/t17-,18-,19-/m1/s1. The number of amides is 1. The van der Waals surface area contributed by atoms with E-state index in [-0.39, 0.29) is 11.1 Å². The summed E-state index contributed by atoms with van der Waals surface area (Å²) in [6.45, 7) is 0.780. The van der Waals surface area contributed by atoms with Gasteiger partial charge in [-0.05, 0) is 42.7 Å². The van der Waals surface area contributed by atoms with Crippen molar-refractivity contribution in [2.24, 2.45) is 5.92 Å². The van der Waals surface area contributed by atoms with E-state index < -0.39 is 0 Å². The summed E-state index contributed by atoms with van der Waals surface area (Å²) in [5.74, 6) is 1.49. The highest BCUT2D eigenvalue weighted by Gasteiger charge is 2.41. The topological polar surface area (TPSA) is 42.4 Å². The van der Waals surface area contributed by atoms with Crippen LogP contribution in [-0.2, 0) is 0 Å². The maximum Gasteiger partial charge on any atom is 0.254 e. The number of piperidine rings is 1. The number of methoxy groups -OCH3 is 1. The summed E-state index contributed by atoms with van der Waals surface area (Å²) in [4.78, 5) is 19.5. The Morgan fingerprint density at radius 1 is 1.15 bits per heavy atom. The molecule has 1 aliphatic heterocycles. The molecule has 27 heavy (non-hydrogen) atoms. The highest BCUT2D eigenvalue weighted by molar-refractivity contribution is 6.29. The molecule has 0 unspecified atom stereocenters. The Morgan fingerprint density at radius 3 is 2.70 bits per heavy atom. The minimum absolute atomic E-state index is 0.0426. The maximum atomic E-state index is 13.3. The minimum Gasteiger partial charge on any atom is -0.481 e. The zero-order valence-electron chi connectivity index (χ0n) is 15.6. The van der Waals surface area contributed by atoms with Crippen molar-refractivity contribution in [2.75, 3.05) is 13.7 Å². The molecule has 0 radical (unpaired) electrons. The summed E-state index contributed by atoms with van der Waals surface area (Å²) in [5, 5.41) is 0.289. The number of aromatic nitrogens is 1. The molecular weight excluding hydrogens is 360 g/mol. The fraction of sp³-hybridized carbons (Fsp3) is 0.455. The lowest BCUT2D eigenvalue weighted by Gasteiger charge is -2.48. The molecule has 2 heterocycles. The molecule has 0 spiro atoms. The monoisotopic (exact) mass is 384 g/mol. The molecule has 0 N–H and O–H groups in total. The molecule has 1 saturated heterocycles. The third kappa shape index (κ3) is 3.68. The largest absolute Gasteiger partial charge is 0.481 e. The molecule has 1 amide bonds. The van der Waals surface area contributed by atoms with Crippen LogP contribution in [0.15, 0.2) is 42.5 Å². The molecule has 1 aromatic heterocycles. The molecule has 1 saturated carbocycles. The number of rotatable bonds is 3. The Bertz CT molecular complexity index is 811. The molecule has 4 rings (SSSR count). The van der Waals surface area contributed by atoms with Crippen LogP contribution in [0, 0.1) is 5.92 Å². The lowest BCUT2D eigenvalue weighted by molar-refractivity contribution is 0.0319. The van der Waals surface area contributed by atoms with Gasteiger partial charge in [0.2, 0.25) is 5.88 Å². The average Bonchev–Trinajstić information content (AvgIpc) is 2.72. The molecule has 4 nitrogen and oxygen atoms in total. The van der Waals surface area contributed by atoms with Crippen molar-refractivity contribution in [3.63, 3.8) is 0 Å². The number of nitrogens with zero attached hydrogens (tertiary/aromatic N) is 2. The Labute approximate surface area is 165 Å². The molecule has 142 valence electrons. The van der Waals surface area contributed by atoms with Crippen LogP contribution in [0.5, 0.6) is 5.88 Å². The van der Waals surface area contributed by atoms with Gasteiger partial charge in [0.05, 0.1) is 7.11 Å². The molecule has 5 heteroatoms. The van der Waals surface area contributed by atoms with Crippen LogP contribution < -0.4 is 4.74 Å². The van der Waals surface area contributed by atoms with Gasteiger partial charge in [0.25, 0.3) is 5.91 Å². The molecule has 2 fully saturated rings. The van der Waals surface area contributed by atoms with E-state index in [0.717, 1.165) is 19.4 Å². The van der Waals surface area contributed by atoms with Crippen molar-refractivity contribution in [2.45, 2.75) is 44.1 Å². The van der Waals surface area contributed by atoms with Gasteiger partial charge in [-0.25, -0.2) is 4.98 Å². The highest BCUT2D eigenvalue weighted by atomic mass is 35.5. The second-order valence-electron chi connectivity index (χ2n) is 7.54. The number of pyridine rings is 1. The number of benzene rings is 1. The van der Waals surface area contributed by atoms with E-state index in [1.54, 1.807) is 12.1 Å². The van der Waals surface area contributed by atoms with Gasteiger partial charge >= 0.3 is 0 Å². The fourth-order valence-corrected chi connectivity index (χ4v) is 5.09. The summed E-state index contributed by atoms with van der Waals surface area (Å²) in [6, 6.07) is 14.4. The molecule has 0 bridgehead atoms. The van der Waals surface area contributed by atoms with E-state index in [0.29, 0.717) is 29.3 Å². The van der Waals surface area contributed by atoms with Crippen LogP contribution in [-0.4, -0.2) is 35.5 Å². The number of ether oxygens (including phenoxy) is 1. The highest BCUT2D eigenvalue weighted by Crippen LogP contribution is 2.44. The van der Waals surface area contributed by atoms with Gasteiger partial charge in [0, 0.05) is 24.2 Å². The zero-order chi connectivity index (χ0) is 18.8. The molecule has 2 aromatic rings. The predicted molar refractivity (Wildman–Crippen MR) is 106 cm³/mol. The lowest BCUT2D eigenvalue weighted by atomic mass is 9.69. The summed E-state index contributed by atoms with van der Waals surface area (Å²) in [6.07, 6.45) is 5.71. The first-order valence-corrected chi connectivity index (χ1v) is 10.1. The van der Waals surface area contributed by atoms with Crippen molar-refractivity contribution < 1.29 is 9.53 Å². The first-order chi connectivity index (χ1) is 13.2. The van der Waals surface area contributed by atoms with Crippen molar-refractivity contribution in [3.05, 3.63) is 58.7 Å². The second kappa shape index (κ2) is 7.89. The van der Waals surface area contributed by atoms with Crippen LogP contribution in [0.1, 0.15) is 53.9 Å². The molecular formula is C22H25ClN2O2. The number of hydrogen-bond donors (Lipinski definition) is 0. The maximum absolute atomic E-state index is 13.3. The van der Waals surface area contributed by atoms with E-state index in [2.05, 4.69) is 40.2 Å². The van der Waals surface area contributed by atoms with Crippen molar-refractivity contribution >= 4 is 17.5 Å². The Morgan fingerprint density at radius 2 is 1.93 bits per heavy atom. The van der Waals surface area contributed by atoms with Crippen LogP contribution in [0.3, 0.4) is 0 Å². The molecule has 1 aromatic carbocycles. The SMILES string of the molecule is COc1cc(C(=O)N2CC[C@H](c3ccccc3)[C@H]3CCCC[C@H]32)cc(Cl)n1. The Kier molecular flexibility index (Phi) is 5.35. The van der Waals surface area contributed by atoms with Crippen LogP contribution in [0.2, 0.25) is 5.15 Å². The number of fused-ring (bicyclic) bond motifs is 1. The third-order valence-electron chi connectivity index (χ3n) is 6.09. The normalized spacial score (nSPS) is 25.0. The van der Waals surface area contributed by atoms with Crippen LogP contribution in [0.4, 0.5) is 0 Å². The van der Waals surface area contributed by atoms with E-state index in [1.807, 2.05) is 0 Å². The number of halogens is 1. The smallest absolute Gasteiger partial charge is 0.254 e. The fourth-order valence-electron chi connectivity index (χ4n) is 4.89. The Hall–Kier alpha value is -2.07. The summed E-state index contributed by atoms with van der Waals surface area (Å²) < 4.78 is 5.19. The number of carbonyl (C=O) groups excluding carboxylic acids is 1. The van der Waals surface area contributed by atoms with Gasteiger partial charge < -0.3 is 9.64 Å². The van der Waals surface area contributed by atoms with E-state index in [4.69, 9.17) is 16.3 Å². The minimum atomic E-state index is 0.0426. The van der Waals surface area contributed by atoms with Gasteiger partial charge in [-0.3, -0.25) is 4.79 Å². The molecule has 1 aliphatic carbocycles. The first kappa shape index (κ1) is 18.3. The van der Waals surface area contributed by atoms with Crippen molar-refractivity contribution in [1.82, 2.24) is 9.88 Å². The predicted octanol–water partition coefficient (Wildman–Crippen LogP) is 4.93. The van der Waals surface area contributed by atoms with E-state index in [9.17, 15) is 4.79 Å².